The van der Waals surface area contributed by atoms with E-state index in [4.69, 9.17) is 21.1 Å². The Labute approximate surface area is 212 Å². The predicted molar refractivity (Wildman–Crippen MR) is 132 cm³/mol. The molecular weight excluding hydrogens is 490 g/mol. The van der Waals surface area contributed by atoms with Crippen molar-refractivity contribution in [1.82, 2.24) is 9.80 Å². The molecule has 0 bridgehead atoms. The van der Waals surface area contributed by atoms with Gasteiger partial charge < -0.3 is 19.5 Å². The normalized spacial score (nSPS) is 20.1. The van der Waals surface area contributed by atoms with Gasteiger partial charge in [0.05, 0.1) is 41.9 Å². The van der Waals surface area contributed by atoms with E-state index in [0.29, 0.717) is 37.5 Å². The molecule has 0 saturated carbocycles. The number of nitro groups is 1. The number of ketones is 1. The number of carbonyl (C=O) groups is 2. The van der Waals surface area contributed by atoms with Gasteiger partial charge in [-0.1, -0.05) is 23.7 Å². The van der Waals surface area contributed by atoms with Crippen molar-refractivity contribution in [2.24, 2.45) is 0 Å². The summed E-state index contributed by atoms with van der Waals surface area (Å²) in [6.45, 7) is 3.78. The maximum absolute atomic E-state index is 13.2. The Morgan fingerprint density at radius 3 is 2.61 bits per heavy atom. The SMILES string of the molecule is COc1ccc(C(O)=C2C(=O)C(=O)N(CCCN3CCOCC3)[C@@H]2c2cccc([N+](=O)[O-])c2)cc1Cl. The molecule has 2 aromatic rings. The number of likely N-dealkylation sites (tertiary alicyclic amines) is 1. The van der Waals surface area contributed by atoms with Crippen LogP contribution in [0.2, 0.25) is 5.02 Å². The van der Waals surface area contributed by atoms with Crippen LogP contribution in [0, 0.1) is 10.1 Å². The third-order valence-electron chi connectivity index (χ3n) is 6.34. The number of aliphatic hydroxyl groups excluding tert-OH is 1. The van der Waals surface area contributed by atoms with E-state index in [9.17, 15) is 24.8 Å². The van der Waals surface area contributed by atoms with Gasteiger partial charge in [0.25, 0.3) is 17.4 Å². The minimum Gasteiger partial charge on any atom is -0.507 e. The standard InChI is InChI=1S/C25H26ClN3O7/c1-35-20-7-6-17(15-19(20)26)23(30)21-22(16-4-2-5-18(14-16)29(33)34)28(25(32)24(21)31)9-3-8-27-10-12-36-13-11-27/h2,4-7,14-15,22,30H,3,8-13H2,1H3/t22-/m1/s1. The van der Waals surface area contributed by atoms with Gasteiger partial charge in [0.2, 0.25) is 0 Å². The van der Waals surface area contributed by atoms with Gasteiger partial charge in [-0.25, -0.2) is 0 Å². The van der Waals surface area contributed by atoms with Crippen molar-refractivity contribution in [1.29, 1.82) is 0 Å². The molecule has 0 aromatic heterocycles. The van der Waals surface area contributed by atoms with Crippen molar-refractivity contribution >= 4 is 34.7 Å². The summed E-state index contributed by atoms with van der Waals surface area (Å²) in [4.78, 5) is 40.8. The van der Waals surface area contributed by atoms with Crippen LogP contribution >= 0.6 is 11.6 Å². The molecule has 2 aliphatic rings. The molecule has 11 heteroatoms. The van der Waals surface area contributed by atoms with E-state index in [-0.39, 0.29) is 28.4 Å². The molecule has 1 amide bonds. The van der Waals surface area contributed by atoms with Crippen molar-refractivity contribution in [3.05, 3.63) is 74.3 Å². The Morgan fingerprint density at radius 2 is 1.94 bits per heavy atom. The number of methoxy groups -OCH3 is 1. The molecule has 2 heterocycles. The summed E-state index contributed by atoms with van der Waals surface area (Å²) in [6, 6.07) is 9.26. The number of non-ortho nitro benzene ring substituents is 1. The highest BCUT2D eigenvalue weighted by Crippen LogP contribution is 2.41. The molecule has 1 N–H and O–H groups in total. The first-order chi connectivity index (χ1) is 17.3. The molecule has 2 aromatic carbocycles. The van der Waals surface area contributed by atoms with Crippen molar-refractivity contribution in [3.8, 4) is 5.75 Å². The van der Waals surface area contributed by atoms with Crippen molar-refractivity contribution in [2.45, 2.75) is 12.5 Å². The minimum absolute atomic E-state index is 0.145. The molecule has 4 rings (SSSR count). The second kappa shape index (κ2) is 11.1. The van der Waals surface area contributed by atoms with E-state index in [2.05, 4.69) is 4.90 Å². The molecule has 1 atom stereocenters. The highest BCUT2D eigenvalue weighted by Gasteiger charge is 2.46. The Balaban J connectivity index is 1.73. The maximum Gasteiger partial charge on any atom is 0.295 e. The van der Waals surface area contributed by atoms with Gasteiger partial charge >= 0.3 is 0 Å². The average molecular weight is 516 g/mol. The monoisotopic (exact) mass is 515 g/mol. The van der Waals surface area contributed by atoms with Crippen molar-refractivity contribution < 1.29 is 29.1 Å². The van der Waals surface area contributed by atoms with E-state index in [1.807, 2.05) is 0 Å². The smallest absolute Gasteiger partial charge is 0.295 e. The number of ether oxygens (including phenoxy) is 2. The molecule has 190 valence electrons. The van der Waals surface area contributed by atoms with Gasteiger partial charge in [-0.2, -0.15) is 0 Å². The van der Waals surface area contributed by atoms with Crippen LogP contribution in [0.15, 0.2) is 48.0 Å². The van der Waals surface area contributed by atoms with Crippen LogP contribution < -0.4 is 4.74 Å². The lowest BCUT2D eigenvalue weighted by Gasteiger charge is -2.29. The summed E-state index contributed by atoms with van der Waals surface area (Å²) in [7, 11) is 1.45. The Kier molecular flexibility index (Phi) is 7.88. The zero-order valence-corrected chi connectivity index (χ0v) is 20.4. The second-order valence-electron chi connectivity index (χ2n) is 8.50. The van der Waals surface area contributed by atoms with Crippen LogP contribution in [-0.2, 0) is 14.3 Å². The number of hydrogen-bond acceptors (Lipinski definition) is 8. The topological polar surface area (TPSA) is 122 Å². The molecule has 36 heavy (non-hydrogen) atoms. The molecule has 0 aliphatic carbocycles. The fourth-order valence-corrected chi connectivity index (χ4v) is 4.78. The third-order valence-corrected chi connectivity index (χ3v) is 6.63. The average Bonchev–Trinajstić information content (AvgIpc) is 3.14. The fraction of sp³-hybridized carbons (Fsp3) is 0.360. The summed E-state index contributed by atoms with van der Waals surface area (Å²) in [5.41, 5.74) is 0.255. The van der Waals surface area contributed by atoms with Crippen LogP contribution in [0.3, 0.4) is 0 Å². The summed E-state index contributed by atoms with van der Waals surface area (Å²) in [5, 5.41) is 22.8. The first-order valence-electron chi connectivity index (χ1n) is 11.5. The second-order valence-corrected chi connectivity index (χ2v) is 8.91. The minimum atomic E-state index is -0.990. The van der Waals surface area contributed by atoms with E-state index in [1.165, 1.54) is 48.4 Å². The van der Waals surface area contributed by atoms with Crippen LogP contribution in [-0.4, -0.2) is 78.0 Å². The first kappa shape index (κ1) is 25.6. The number of aliphatic hydroxyl groups is 1. The third kappa shape index (κ3) is 5.20. The van der Waals surface area contributed by atoms with Crippen LogP contribution in [0.4, 0.5) is 5.69 Å². The Hall–Kier alpha value is -3.47. The number of Topliss-reactive ketones (excluding diaryl/α,β-unsaturated/α-hetero) is 1. The highest BCUT2D eigenvalue weighted by molar-refractivity contribution is 6.46. The number of morpholine rings is 1. The lowest BCUT2D eigenvalue weighted by atomic mass is 9.95. The van der Waals surface area contributed by atoms with Gasteiger partial charge in [0.1, 0.15) is 11.5 Å². The zero-order valence-electron chi connectivity index (χ0n) is 19.7. The summed E-state index contributed by atoms with van der Waals surface area (Å²) >= 11 is 6.22. The van der Waals surface area contributed by atoms with E-state index < -0.39 is 28.4 Å². The number of halogens is 1. The molecule has 2 saturated heterocycles. The lowest BCUT2D eigenvalue weighted by Crippen LogP contribution is -2.39. The molecular formula is C25H26ClN3O7. The van der Waals surface area contributed by atoms with Crippen molar-refractivity contribution in [3.63, 3.8) is 0 Å². The highest BCUT2D eigenvalue weighted by atomic mass is 35.5. The molecule has 2 fully saturated rings. The number of amides is 1. The molecule has 0 radical (unpaired) electrons. The van der Waals surface area contributed by atoms with Crippen LogP contribution in [0.25, 0.3) is 5.76 Å². The number of hydrogen-bond donors (Lipinski definition) is 1. The first-order valence-corrected chi connectivity index (χ1v) is 11.9. The van der Waals surface area contributed by atoms with Gasteiger partial charge in [-0.05, 0) is 30.2 Å². The van der Waals surface area contributed by atoms with Gasteiger partial charge in [0, 0.05) is 43.9 Å². The van der Waals surface area contributed by atoms with Gasteiger partial charge in [-0.3, -0.25) is 24.6 Å². The van der Waals surface area contributed by atoms with Crippen LogP contribution in [0.5, 0.6) is 5.75 Å². The van der Waals surface area contributed by atoms with Gasteiger partial charge in [0.15, 0.2) is 0 Å². The lowest BCUT2D eigenvalue weighted by molar-refractivity contribution is -0.384. The quantitative estimate of drug-likeness (QED) is 0.186. The van der Waals surface area contributed by atoms with Crippen molar-refractivity contribution in [2.75, 3.05) is 46.5 Å². The maximum atomic E-state index is 13.2. The van der Waals surface area contributed by atoms with Crippen LogP contribution in [0.1, 0.15) is 23.6 Å². The summed E-state index contributed by atoms with van der Waals surface area (Å²) in [6.07, 6.45) is 0.576. The van der Waals surface area contributed by atoms with E-state index in [1.54, 1.807) is 6.07 Å². The van der Waals surface area contributed by atoms with E-state index >= 15 is 0 Å². The summed E-state index contributed by atoms with van der Waals surface area (Å²) < 4.78 is 10.5. The molecule has 2 aliphatic heterocycles. The predicted octanol–water partition coefficient (Wildman–Crippen LogP) is 3.40. The molecule has 10 nitrogen and oxygen atoms in total. The molecule has 0 spiro atoms. The van der Waals surface area contributed by atoms with E-state index in [0.717, 1.165) is 13.1 Å². The molecule has 0 unspecified atom stereocenters. The van der Waals surface area contributed by atoms with Gasteiger partial charge in [-0.15, -0.1) is 0 Å². The summed E-state index contributed by atoms with van der Waals surface area (Å²) in [5.74, 6) is -1.66. The number of rotatable bonds is 8. The zero-order chi connectivity index (χ0) is 25.8. The Bertz CT molecular complexity index is 1210. The largest absolute Gasteiger partial charge is 0.507 e. The number of nitro benzene ring substituents is 1. The number of carbonyl (C=O) groups excluding carboxylic acids is 2. The fourth-order valence-electron chi connectivity index (χ4n) is 4.52. The number of nitrogens with zero attached hydrogens (tertiary/aromatic N) is 3. The number of benzene rings is 2. The Morgan fingerprint density at radius 1 is 1.19 bits per heavy atom.